The average molecular weight is 256 g/mol. The van der Waals surface area contributed by atoms with Crippen molar-refractivity contribution in [2.24, 2.45) is 0 Å². The van der Waals surface area contributed by atoms with E-state index in [9.17, 15) is 0 Å². The Morgan fingerprint density at radius 1 is 1.45 bits per heavy atom. The van der Waals surface area contributed by atoms with Gasteiger partial charge in [0.15, 0.2) is 6.07 Å². The summed E-state index contributed by atoms with van der Waals surface area (Å²) in [6.45, 7) is 0. The molecule has 0 bridgehead atoms. The fourth-order valence-corrected chi connectivity index (χ4v) is 1.50. The fraction of sp³-hybridized carbons (Fsp3) is 0.143. The molecule has 0 N–H and O–H groups in total. The summed E-state index contributed by atoms with van der Waals surface area (Å²) >= 11 is 14.4. The predicted molar refractivity (Wildman–Crippen MR) is 50.5 cm³/mol. The quantitative estimate of drug-likeness (QED) is 0.733. The molecule has 0 amide bonds. The summed E-state index contributed by atoms with van der Waals surface area (Å²) in [6.07, 6.45) is 0. The van der Waals surface area contributed by atoms with Crippen LogP contribution in [0.2, 0.25) is 5.02 Å². The van der Waals surface area contributed by atoms with E-state index in [1.807, 2.05) is 6.07 Å². The van der Waals surface area contributed by atoms with Crippen LogP contribution >= 0.6 is 39.1 Å². The maximum absolute atomic E-state index is 5.79. The molecule has 0 heterocycles. The number of hydrogen-bond donors (Lipinski definition) is 0. The van der Waals surface area contributed by atoms with Gasteiger partial charge in [0, 0.05) is 4.47 Å². The highest BCUT2D eigenvalue weighted by molar-refractivity contribution is 9.10. The maximum Gasteiger partial charge on any atom is 0.162 e. The van der Waals surface area contributed by atoms with Gasteiger partial charge in [0.05, 0.1) is 5.02 Å². The molecule has 0 atom stereocenters. The Morgan fingerprint density at radius 3 is 2.73 bits per heavy atom. The van der Waals surface area contributed by atoms with Crippen LogP contribution < -0.4 is 4.74 Å². The van der Waals surface area contributed by atoms with Gasteiger partial charge in [-0.2, -0.15) is 0 Å². The van der Waals surface area contributed by atoms with Crippen LogP contribution in [0.3, 0.4) is 0 Å². The van der Waals surface area contributed by atoms with E-state index in [1.54, 1.807) is 12.1 Å². The third kappa shape index (κ3) is 2.55. The molecule has 0 aromatic heterocycles. The van der Waals surface area contributed by atoms with E-state index in [0.717, 1.165) is 4.47 Å². The number of alkyl halides is 1. The standard InChI is InChI=1S/C7H5BrCl2O/c8-5-1-2-7(11-4-9)6(10)3-5/h1-3H,4H2. The summed E-state index contributed by atoms with van der Waals surface area (Å²) in [5, 5.41) is 0.556. The molecule has 0 fully saturated rings. The van der Waals surface area contributed by atoms with Crippen molar-refractivity contribution in [2.45, 2.75) is 0 Å². The van der Waals surface area contributed by atoms with E-state index in [2.05, 4.69) is 15.9 Å². The van der Waals surface area contributed by atoms with Crippen molar-refractivity contribution >= 4 is 39.1 Å². The van der Waals surface area contributed by atoms with E-state index in [-0.39, 0.29) is 6.07 Å². The Hall–Kier alpha value is 0.0800. The molecule has 1 aromatic rings. The minimum Gasteiger partial charge on any atom is -0.476 e. The van der Waals surface area contributed by atoms with Crippen molar-refractivity contribution in [1.82, 2.24) is 0 Å². The first-order chi connectivity index (χ1) is 5.24. The number of rotatable bonds is 2. The molecule has 0 aliphatic rings. The van der Waals surface area contributed by atoms with Crippen LogP contribution in [0, 0.1) is 0 Å². The highest BCUT2D eigenvalue weighted by Crippen LogP contribution is 2.27. The van der Waals surface area contributed by atoms with Gasteiger partial charge in [-0.15, -0.1) is 0 Å². The van der Waals surface area contributed by atoms with Crippen molar-refractivity contribution in [1.29, 1.82) is 0 Å². The van der Waals surface area contributed by atoms with Gasteiger partial charge < -0.3 is 4.74 Å². The van der Waals surface area contributed by atoms with E-state index in [0.29, 0.717) is 10.8 Å². The predicted octanol–water partition coefficient (Wildman–Crippen LogP) is 3.68. The molecule has 0 aliphatic heterocycles. The zero-order valence-electron chi connectivity index (χ0n) is 5.48. The summed E-state index contributed by atoms with van der Waals surface area (Å²) in [5.41, 5.74) is 0. The van der Waals surface area contributed by atoms with Gasteiger partial charge in [-0.05, 0) is 18.2 Å². The summed E-state index contributed by atoms with van der Waals surface area (Å²) in [5.74, 6) is 0.602. The molecule has 1 aromatic carbocycles. The number of halogens is 3. The normalized spacial score (nSPS) is 9.73. The molecule has 11 heavy (non-hydrogen) atoms. The van der Waals surface area contributed by atoms with Crippen molar-refractivity contribution in [3.05, 3.63) is 27.7 Å². The number of benzene rings is 1. The molecule has 0 unspecified atom stereocenters. The number of ether oxygens (including phenoxy) is 1. The minimum atomic E-state index is 0.112. The first-order valence-corrected chi connectivity index (χ1v) is 4.58. The lowest BCUT2D eigenvalue weighted by atomic mass is 10.3. The molecule has 0 radical (unpaired) electrons. The van der Waals surface area contributed by atoms with Crippen molar-refractivity contribution in [2.75, 3.05) is 6.07 Å². The molecule has 1 rings (SSSR count). The van der Waals surface area contributed by atoms with Gasteiger partial charge in [0.2, 0.25) is 0 Å². The lowest BCUT2D eigenvalue weighted by molar-refractivity contribution is 0.388. The minimum absolute atomic E-state index is 0.112. The lowest BCUT2D eigenvalue weighted by Crippen LogP contribution is -1.88. The average Bonchev–Trinajstić information content (AvgIpc) is 1.95. The first-order valence-electron chi connectivity index (χ1n) is 2.88. The second kappa shape index (κ2) is 4.19. The van der Waals surface area contributed by atoms with Crippen molar-refractivity contribution < 1.29 is 4.74 Å². The Kier molecular flexibility index (Phi) is 3.49. The van der Waals surface area contributed by atoms with Crippen molar-refractivity contribution in [3.63, 3.8) is 0 Å². The highest BCUT2D eigenvalue weighted by Gasteiger charge is 1.99. The first kappa shape index (κ1) is 9.17. The van der Waals surface area contributed by atoms with Crippen LogP contribution in [-0.2, 0) is 0 Å². The van der Waals surface area contributed by atoms with Gasteiger partial charge in [-0.1, -0.05) is 39.1 Å². The molecular weight excluding hydrogens is 251 g/mol. The Morgan fingerprint density at radius 2 is 2.18 bits per heavy atom. The van der Waals surface area contributed by atoms with Crippen LogP contribution in [0.5, 0.6) is 5.75 Å². The third-order valence-corrected chi connectivity index (χ3v) is 2.00. The summed E-state index contributed by atoms with van der Waals surface area (Å²) < 4.78 is 5.93. The Labute approximate surface area is 83.4 Å². The summed E-state index contributed by atoms with van der Waals surface area (Å²) in [4.78, 5) is 0. The molecule has 0 spiro atoms. The van der Waals surface area contributed by atoms with Gasteiger partial charge in [-0.25, -0.2) is 0 Å². The number of hydrogen-bond acceptors (Lipinski definition) is 1. The van der Waals surface area contributed by atoms with Crippen molar-refractivity contribution in [3.8, 4) is 5.75 Å². The molecular formula is C7H5BrCl2O. The van der Waals surface area contributed by atoms with Crippen LogP contribution in [0.25, 0.3) is 0 Å². The topological polar surface area (TPSA) is 9.23 Å². The largest absolute Gasteiger partial charge is 0.476 e. The van der Waals surface area contributed by atoms with E-state index in [1.165, 1.54) is 0 Å². The second-order valence-corrected chi connectivity index (χ2v) is 3.37. The maximum atomic E-state index is 5.79. The molecule has 0 saturated carbocycles. The molecule has 4 heteroatoms. The van der Waals surface area contributed by atoms with Crippen LogP contribution in [0.15, 0.2) is 22.7 Å². The third-order valence-electron chi connectivity index (χ3n) is 1.10. The fourth-order valence-electron chi connectivity index (χ4n) is 0.651. The van der Waals surface area contributed by atoms with Crippen LogP contribution in [-0.4, -0.2) is 6.07 Å². The van der Waals surface area contributed by atoms with Gasteiger partial charge >= 0.3 is 0 Å². The zero-order valence-corrected chi connectivity index (χ0v) is 8.58. The van der Waals surface area contributed by atoms with E-state index < -0.39 is 0 Å². The lowest BCUT2D eigenvalue weighted by Gasteiger charge is -2.03. The summed E-state index contributed by atoms with van der Waals surface area (Å²) in [6, 6.07) is 5.47. The van der Waals surface area contributed by atoms with Crippen LogP contribution in [0.1, 0.15) is 0 Å². The SMILES string of the molecule is ClCOc1ccc(Br)cc1Cl. The molecule has 60 valence electrons. The highest BCUT2D eigenvalue weighted by atomic mass is 79.9. The van der Waals surface area contributed by atoms with Gasteiger partial charge in [-0.3, -0.25) is 0 Å². The van der Waals surface area contributed by atoms with E-state index in [4.69, 9.17) is 27.9 Å². The van der Waals surface area contributed by atoms with Gasteiger partial charge in [0.1, 0.15) is 5.75 Å². The van der Waals surface area contributed by atoms with E-state index >= 15 is 0 Å². The van der Waals surface area contributed by atoms with Gasteiger partial charge in [0.25, 0.3) is 0 Å². The smallest absolute Gasteiger partial charge is 0.162 e. The Balaban J connectivity index is 2.90. The molecule has 0 aliphatic carbocycles. The Bertz CT molecular complexity index is 252. The monoisotopic (exact) mass is 254 g/mol. The summed E-state index contributed by atoms with van der Waals surface area (Å²) in [7, 11) is 0. The van der Waals surface area contributed by atoms with Crippen LogP contribution in [0.4, 0.5) is 0 Å². The zero-order chi connectivity index (χ0) is 8.27. The second-order valence-electron chi connectivity index (χ2n) is 1.83. The molecule has 0 saturated heterocycles. The molecule has 1 nitrogen and oxygen atoms in total.